The van der Waals surface area contributed by atoms with Gasteiger partial charge < -0.3 is 14.9 Å². The number of hydrogen-bond acceptors (Lipinski definition) is 4. The molecule has 7 unspecified atom stereocenters. The fraction of sp³-hybridized carbons (Fsp3) is 0.864. The quantitative estimate of drug-likeness (QED) is 0.596. The van der Waals surface area contributed by atoms with Gasteiger partial charge in [-0.1, -0.05) is 26.3 Å². The molecule has 4 aliphatic carbocycles. The number of hydrogen-bond donors (Lipinski definition) is 2. The lowest BCUT2D eigenvalue weighted by molar-refractivity contribution is -0.208. The van der Waals surface area contributed by atoms with Crippen LogP contribution in [0.3, 0.4) is 0 Å². The Morgan fingerprint density at radius 3 is 2.65 bits per heavy atom. The first-order chi connectivity index (χ1) is 12.3. The Morgan fingerprint density at radius 2 is 2.00 bits per heavy atom. The van der Waals surface area contributed by atoms with Crippen molar-refractivity contribution < 1.29 is 19.7 Å². The molecule has 0 amide bonds. The van der Waals surface area contributed by atoms with Crippen molar-refractivity contribution in [3.8, 4) is 0 Å². The van der Waals surface area contributed by atoms with Crippen LogP contribution >= 0.6 is 0 Å². The van der Waals surface area contributed by atoms with E-state index in [1.54, 1.807) is 0 Å². The molecule has 4 heteroatoms. The summed E-state index contributed by atoms with van der Waals surface area (Å²) in [6, 6.07) is 0. The molecule has 0 radical (unpaired) electrons. The Hall–Kier alpha value is -0.870. The van der Waals surface area contributed by atoms with Crippen LogP contribution in [0, 0.1) is 34.0 Å². The average molecular weight is 363 g/mol. The van der Waals surface area contributed by atoms with Gasteiger partial charge in [-0.05, 0) is 72.7 Å². The molecule has 2 bridgehead atoms. The molecular formula is C22H34O4. The van der Waals surface area contributed by atoms with Crippen LogP contribution in [-0.2, 0) is 9.53 Å². The number of carbonyl (C=O) groups excluding carboxylic acids is 1. The number of aliphatic hydroxyl groups excluding tert-OH is 2. The Bertz CT molecular complexity index is 628. The lowest BCUT2D eigenvalue weighted by Gasteiger charge is -2.65. The van der Waals surface area contributed by atoms with E-state index in [2.05, 4.69) is 19.9 Å². The molecule has 0 aromatic heterocycles. The Kier molecular flexibility index (Phi) is 4.31. The van der Waals surface area contributed by atoms with Gasteiger partial charge in [0.15, 0.2) is 0 Å². The molecule has 0 aromatic rings. The van der Waals surface area contributed by atoms with Crippen molar-refractivity contribution in [3.05, 3.63) is 11.6 Å². The number of fused-ring (bicyclic) bond motifs is 3. The van der Waals surface area contributed by atoms with Crippen molar-refractivity contribution in [1.29, 1.82) is 0 Å². The zero-order valence-corrected chi connectivity index (χ0v) is 16.5. The lowest BCUT2D eigenvalue weighted by atomic mass is 9.40. The molecular weight excluding hydrogens is 328 g/mol. The van der Waals surface area contributed by atoms with Crippen molar-refractivity contribution in [2.75, 3.05) is 13.2 Å². The van der Waals surface area contributed by atoms with E-state index in [0.717, 1.165) is 44.1 Å². The Morgan fingerprint density at radius 1 is 1.23 bits per heavy atom. The summed E-state index contributed by atoms with van der Waals surface area (Å²) in [6.45, 7) is 6.51. The van der Waals surface area contributed by atoms with E-state index in [4.69, 9.17) is 4.74 Å². The third-order valence-corrected chi connectivity index (χ3v) is 8.83. The topological polar surface area (TPSA) is 66.8 Å². The predicted molar refractivity (Wildman–Crippen MR) is 99.2 cm³/mol. The van der Waals surface area contributed by atoms with Gasteiger partial charge in [0.2, 0.25) is 0 Å². The van der Waals surface area contributed by atoms with Crippen molar-refractivity contribution in [3.63, 3.8) is 0 Å². The second kappa shape index (κ2) is 6.07. The van der Waals surface area contributed by atoms with Gasteiger partial charge in [0.25, 0.3) is 0 Å². The lowest BCUT2D eigenvalue weighted by Crippen LogP contribution is -2.62. The normalized spacial score (nSPS) is 49.8. The number of rotatable bonds is 3. The minimum atomic E-state index is -0.207. The summed E-state index contributed by atoms with van der Waals surface area (Å²) in [4.78, 5) is 11.9. The van der Waals surface area contributed by atoms with Gasteiger partial charge in [-0.2, -0.15) is 0 Å². The number of ether oxygens (including phenoxy) is 1. The van der Waals surface area contributed by atoms with Crippen LogP contribution < -0.4 is 0 Å². The van der Waals surface area contributed by atoms with Gasteiger partial charge in [-0.15, -0.1) is 0 Å². The van der Waals surface area contributed by atoms with E-state index in [1.807, 2.05) is 0 Å². The van der Waals surface area contributed by atoms with Gasteiger partial charge >= 0.3 is 5.97 Å². The fourth-order valence-corrected chi connectivity index (χ4v) is 7.78. The summed E-state index contributed by atoms with van der Waals surface area (Å²) in [5.41, 5.74) is 1.11. The van der Waals surface area contributed by atoms with E-state index in [-0.39, 0.29) is 41.5 Å². The van der Waals surface area contributed by atoms with Gasteiger partial charge in [0.1, 0.15) is 6.10 Å². The third kappa shape index (κ3) is 2.37. The van der Waals surface area contributed by atoms with Crippen molar-refractivity contribution in [2.45, 2.75) is 71.8 Å². The second-order valence-corrected chi connectivity index (χ2v) is 10.1. The van der Waals surface area contributed by atoms with Crippen molar-refractivity contribution in [1.82, 2.24) is 0 Å². The SMILES string of the molecule is CC(=O)OC1CC2C(C)(CO)CCCC2(C)C2CCC3CC12C=C3CO. The molecule has 4 rings (SSSR count). The Balaban J connectivity index is 1.81. The zero-order chi connectivity index (χ0) is 18.7. The molecule has 0 aromatic carbocycles. The van der Waals surface area contributed by atoms with Crippen LogP contribution in [0.5, 0.6) is 0 Å². The molecule has 0 heterocycles. The van der Waals surface area contributed by atoms with Crippen LogP contribution in [0.2, 0.25) is 0 Å². The standard InChI is InChI=1S/C22H34O4/c1-14(25)26-19-9-18-20(2,13-24)7-4-8-21(18,3)17-6-5-15-10-22(17,19)11-16(15)12-23/h11,15,17-19,23-24H,4-10,12-13H2,1-3H3. The minimum absolute atomic E-state index is 0.0913. The van der Waals surface area contributed by atoms with Gasteiger partial charge in [0.05, 0.1) is 6.61 Å². The summed E-state index contributed by atoms with van der Waals surface area (Å²) in [5.74, 6) is 1.07. The highest BCUT2D eigenvalue weighted by molar-refractivity contribution is 5.66. The monoisotopic (exact) mass is 362 g/mol. The number of carbonyl (C=O) groups is 1. The summed E-state index contributed by atoms with van der Waals surface area (Å²) in [5, 5.41) is 20.1. The third-order valence-electron chi connectivity index (χ3n) is 8.83. The smallest absolute Gasteiger partial charge is 0.302 e. The molecule has 4 aliphatic rings. The highest BCUT2D eigenvalue weighted by Gasteiger charge is 2.66. The van der Waals surface area contributed by atoms with Gasteiger partial charge in [-0.3, -0.25) is 4.79 Å². The first-order valence-corrected chi connectivity index (χ1v) is 10.4. The zero-order valence-electron chi connectivity index (χ0n) is 16.5. The summed E-state index contributed by atoms with van der Waals surface area (Å²) in [6.07, 6.45) is 9.72. The van der Waals surface area contributed by atoms with E-state index in [1.165, 1.54) is 13.3 Å². The van der Waals surface area contributed by atoms with E-state index >= 15 is 0 Å². The van der Waals surface area contributed by atoms with Crippen LogP contribution in [-0.4, -0.2) is 35.5 Å². The largest absolute Gasteiger partial charge is 0.462 e. The number of aliphatic hydroxyl groups is 2. The maximum atomic E-state index is 11.9. The van der Waals surface area contributed by atoms with E-state index in [0.29, 0.717) is 17.8 Å². The summed E-state index contributed by atoms with van der Waals surface area (Å²) in [7, 11) is 0. The minimum Gasteiger partial charge on any atom is -0.462 e. The molecule has 0 saturated heterocycles. The first-order valence-electron chi connectivity index (χ1n) is 10.4. The maximum Gasteiger partial charge on any atom is 0.302 e. The van der Waals surface area contributed by atoms with Crippen LogP contribution in [0.15, 0.2) is 11.6 Å². The fourth-order valence-electron chi connectivity index (χ4n) is 7.78. The maximum absolute atomic E-state index is 11.9. The van der Waals surface area contributed by atoms with E-state index in [9.17, 15) is 15.0 Å². The van der Waals surface area contributed by atoms with Gasteiger partial charge in [-0.25, -0.2) is 0 Å². The molecule has 1 spiro atoms. The van der Waals surface area contributed by atoms with Gasteiger partial charge in [0, 0.05) is 18.9 Å². The molecule has 146 valence electrons. The second-order valence-electron chi connectivity index (χ2n) is 10.1. The molecule has 3 fully saturated rings. The average Bonchev–Trinajstić information content (AvgIpc) is 2.88. The highest BCUT2D eigenvalue weighted by Crippen LogP contribution is 2.71. The van der Waals surface area contributed by atoms with Crippen molar-refractivity contribution >= 4 is 5.97 Å². The van der Waals surface area contributed by atoms with Crippen molar-refractivity contribution in [2.24, 2.45) is 34.0 Å². The summed E-state index contributed by atoms with van der Waals surface area (Å²) < 4.78 is 5.96. The number of esters is 1. The van der Waals surface area contributed by atoms with Crippen LogP contribution in [0.4, 0.5) is 0 Å². The first kappa shape index (κ1) is 18.5. The molecule has 26 heavy (non-hydrogen) atoms. The highest BCUT2D eigenvalue weighted by atomic mass is 16.5. The van der Waals surface area contributed by atoms with Crippen LogP contribution in [0.1, 0.15) is 65.7 Å². The molecule has 2 N–H and O–H groups in total. The molecule has 7 atom stereocenters. The Labute approximate surface area is 157 Å². The molecule has 4 nitrogen and oxygen atoms in total. The molecule has 0 aliphatic heterocycles. The van der Waals surface area contributed by atoms with Crippen LogP contribution in [0.25, 0.3) is 0 Å². The predicted octanol–water partition coefficient (Wildman–Crippen LogP) is 3.46. The molecule has 3 saturated carbocycles. The van der Waals surface area contributed by atoms with E-state index < -0.39 is 0 Å². The summed E-state index contributed by atoms with van der Waals surface area (Å²) >= 11 is 0.